The van der Waals surface area contributed by atoms with Gasteiger partial charge < -0.3 is 9.72 Å². The van der Waals surface area contributed by atoms with Crippen LogP contribution in [0, 0.1) is 4.91 Å². The lowest BCUT2D eigenvalue weighted by Gasteiger charge is -2.13. The monoisotopic (exact) mass is 247 g/mol. The van der Waals surface area contributed by atoms with Crippen molar-refractivity contribution in [3.8, 4) is 0 Å². The van der Waals surface area contributed by atoms with Gasteiger partial charge in [0.15, 0.2) is 17.4 Å². The second kappa shape index (κ2) is 4.15. The molecule has 8 nitrogen and oxygen atoms in total. The minimum atomic E-state index is -0.420. The van der Waals surface area contributed by atoms with Gasteiger partial charge in [-0.2, -0.15) is 4.91 Å². The fraction of sp³-hybridized carbons (Fsp3) is 0.300. The van der Waals surface area contributed by atoms with Crippen molar-refractivity contribution in [2.75, 3.05) is 6.54 Å². The molecule has 1 aliphatic rings. The lowest BCUT2D eigenvalue weighted by atomic mass is 10.3. The zero-order valence-electron chi connectivity index (χ0n) is 9.18. The number of rotatable bonds is 3. The normalized spacial score (nSPS) is 22.7. The first-order valence-corrected chi connectivity index (χ1v) is 5.32. The first kappa shape index (κ1) is 10.8. The number of H-pyrrole nitrogens is 1. The highest BCUT2D eigenvalue weighted by molar-refractivity contribution is 5.68. The van der Waals surface area contributed by atoms with E-state index in [0.717, 1.165) is 0 Å². The highest BCUT2D eigenvalue weighted by Gasteiger charge is 2.23. The first-order chi connectivity index (χ1) is 8.79. The number of fused-ring (bicyclic) bond motifs is 1. The summed E-state index contributed by atoms with van der Waals surface area (Å²) in [5.74, 6) is 0. The Balaban J connectivity index is 1.97. The Kier molecular flexibility index (Phi) is 2.49. The maximum absolute atomic E-state index is 11.5. The summed E-state index contributed by atoms with van der Waals surface area (Å²) in [6.07, 6.45) is 5.57. The van der Waals surface area contributed by atoms with E-state index in [0.29, 0.717) is 5.65 Å². The van der Waals surface area contributed by atoms with E-state index in [1.165, 1.54) is 12.7 Å². The zero-order chi connectivity index (χ0) is 12.5. The minimum absolute atomic E-state index is 0.0631. The number of nitroso groups, excluding NO2 is 1. The van der Waals surface area contributed by atoms with Crippen LogP contribution >= 0.6 is 0 Å². The standard InChI is InChI=1S/C10H9N5O3/c16-10-8-9(11-4-12-10)15(5-13-8)7-2-1-6(18-7)3-14-17/h1-2,4-7H,3H2,(H,11,12,16). The molecule has 3 rings (SSSR count). The molecule has 2 unspecified atom stereocenters. The maximum Gasteiger partial charge on any atom is 0.278 e. The van der Waals surface area contributed by atoms with E-state index in [2.05, 4.69) is 20.1 Å². The van der Waals surface area contributed by atoms with E-state index in [9.17, 15) is 9.70 Å². The Morgan fingerprint density at radius 2 is 2.33 bits per heavy atom. The Morgan fingerprint density at radius 1 is 1.44 bits per heavy atom. The van der Waals surface area contributed by atoms with E-state index in [-0.39, 0.29) is 23.7 Å². The Hall–Kier alpha value is -2.35. The van der Waals surface area contributed by atoms with Gasteiger partial charge in [0.1, 0.15) is 12.6 Å². The largest absolute Gasteiger partial charge is 0.345 e. The molecule has 0 radical (unpaired) electrons. The van der Waals surface area contributed by atoms with Gasteiger partial charge in [0.25, 0.3) is 5.56 Å². The fourth-order valence-electron chi connectivity index (χ4n) is 1.87. The predicted molar refractivity (Wildman–Crippen MR) is 61.9 cm³/mol. The van der Waals surface area contributed by atoms with Gasteiger partial charge in [-0.15, -0.1) is 0 Å². The van der Waals surface area contributed by atoms with Crippen LogP contribution in [0.2, 0.25) is 0 Å². The summed E-state index contributed by atoms with van der Waals surface area (Å²) in [4.78, 5) is 32.2. The number of nitrogens with one attached hydrogen (secondary N) is 1. The Labute approximate surface area is 100 Å². The Morgan fingerprint density at radius 3 is 3.17 bits per heavy atom. The fourth-order valence-corrected chi connectivity index (χ4v) is 1.87. The van der Waals surface area contributed by atoms with Crippen molar-refractivity contribution in [2.45, 2.75) is 12.3 Å². The van der Waals surface area contributed by atoms with Gasteiger partial charge in [-0.1, -0.05) is 11.3 Å². The van der Waals surface area contributed by atoms with E-state index in [1.54, 1.807) is 16.7 Å². The molecule has 0 saturated heterocycles. The minimum Gasteiger partial charge on any atom is -0.345 e. The number of aromatic amines is 1. The van der Waals surface area contributed by atoms with Crippen LogP contribution in [0.1, 0.15) is 6.23 Å². The second-order valence-electron chi connectivity index (χ2n) is 3.82. The van der Waals surface area contributed by atoms with Gasteiger partial charge in [-0.25, -0.2) is 9.97 Å². The van der Waals surface area contributed by atoms with E-state index in [4.69, 9.17) is 4.74 Å². The van der Waals surface area contributed by atoms with Crippen molar-refractivity contribution in [1.29, 1.82) is 0 Å². The third-order valence-corrected chi connectivity index (χ3v) is 2.70. The maximum atomic E-state index is 11.5. The molecule has 0 spiro atoms. The van der Waals surface area contributed by atoms with Gasteiger partial charge in [0, 0.05) is 0 Å². The molecule has 18 heavy (non-hydrogen) atoms. The third kappa shape index (κ3) is 1.63. The van der Waals surface area contributed by atoms with Crippen LogP contribution < -0.4 is 5.56 Å². The molecular formula is C10H9N5O3. The third-order valence-electron chi connectivity index (χ3n) is 2.70. The molecule has 0 bridgehead atoms. The van der Waals surface area contributed by atoms with Crippen LogP contribution in [0.25, 0.3) is 11.2 Å². The summed E-state index contributed by atoms with van der Waals surface area (Å²) < 4.78 is 7.19. The van der Waals surface area contributed by atoms with Gasteiger partial charge in [0.05, 0.1) is 12.7 Å². The molecule has 8 heteroatoms. The first-order valence-electron chi connectivity index (χ1n) is 5.32. The number of aromatic nitrogens is 4. The van der Waals surface area contributed by atoms with Crippen LogP contribution in [0.4, 0.5) is 0 Å². The van der Waals surface area contributed by atoms with E-state index >= 15 is 0 Å². The molecule has 1 aliphatic heterocycles. The van der Waals surface area contributed by atoms with Crippen LogP contribution in [-0.4, -0.2) is 32.2 Å². The molecule has 0 aliphatic carbocycles. The molecule has 2 aromatic heterocycles. The quantitative estimate of drug-likeness (QED) is 0.622. The van der Waals surface area contributed by atoms with Crippen molar-refractivity contribution >= 4 is 11.2 Å². The van der Waals surface area contributed by atoms with Gasteiger partial charge >= 0.3 is 0 Å². The van der Waals surface area contributed by atoms with Crippen LogP contribution in [0.3, 0.4) is 0 Å². The van der Waals surface area contributed by atoms with Gasteiger partial charge in [-0.3, -0.25) is 9.36 Å². The van der Waals surface area contributed by atoms with Crippen molar-refractivity contribution in [1.82, 2.24) is 19.5 Å². The Bertz CT molecular complexity index is 673. The van der Waals surface area contributed by atoms with Crippen molar-refractivity contribution < 1.29 is 4.74 Å². The number of imidazole rings is 1. The van der Waals surface area contributed by atoms with Gasteiger partial charge in [0.2, 0.25) is 0 Å². The lowest BCUT2D eigenvalue weighted by molar-refractivity contribution is 0.0250. The zero-order valence-corrected chi connectivity index (χ0v) is 9.18. The number of hydrogen-bond donors (Lipinski definition) is 1. The van der Waals surface area contributed by atoms with Gasteiger partial charge in [-0.05, 0) is 6.08 Å². The molecule has 92 valence electrons. The van der Waals surface area contributed by atoms with Crippen molar-refractivity contribution in [2.24, 2.45) is 5.18 Å². The molecule has 0 fully saturated rings. The highest BCUT2D eigenvalue weighted by atomic mass is 16.5. The number of nitrogens with zero attached hydrogens (tertiary/aromatic N) is 4. The molecule has 2 atom stereocenters. The van der Waals surface area contributed by atoms with E-state index < -0.39 is 6.23 Å². The number of hydrogen-bond acceptors (Lipinski definition) is 6. The molecular weight excluding hydrogens is 238 g/mol. The molecule has 0 amide bonds. The summed E-state index contributed by atoms with van der Waals surface area (Å²) in [7, 11) is 0. The topological polar surface area (TPSA) is 102 Å². The summed E-state index contributed by atoms with van der Waals surface area (Å²) >= 11 is 0. The summed E-state index contributed by atoms with van der Waals surface area (Å²) in [6, 6.07) is 0. The molecule has 0 aromatic carbocycles. The van der Waals surface area contributed by atoms with Crippen molar-refractivity contribution in [3.05, 3.63) is 40.1 Å². The molecule has 2 aromatic rings. The summed E-state index contributed by atoms with van der Waals surface area (Å²) in [5.41, 5.74) is 0.395. The van der Waals surface area contributed by atoms with Crippen molar-refractivity contribution in [3.63, 3.8) is 0 Å². The number of ether oxygens (including phenoxy) is 1. The second-order valence-corrected chi connectivity index (χ2v) is 3.82. The SMILES string of the molecule is O=NCC1C=CC(n2cnc3c(=O)[nH]cnc32)O1. The summed E-state index contributed by atoms with van der Waals surface area (Å²) in [5, 5.41) is 2.79. The molecule has 0 saturated carbocycles. The average Bonchev–Trinajstić information content (AvgIpc) is 2.96. The molecule has 1 N–H and O–H groups in total. The highest BCUT2D eigenvalue weighted by Crippen LogP contribution is 2.23. The van der Waals surface area contributed by atoms with Crippen LogP contribution in [-0.2, 0) is 4.74 Å². The molecule has 3 heterocycles. The average molecular weight is 247 g/mol. The smallest absolute Gasteiger partial charge is 0.278 e. The van der Waals surface area contributed by atoms with Crippen LogP contribution in [0.15, 0.2) is 34.8 Å². The lowest BCUT2D eigenvalue weighted by Crippen LogP contribution is -2.15. The van der Waals surface area contributed by atoms with Crippen LogP contribution in [0.5, 0.6) is 0 Å². The van der Waals surface area contributed by atoms with E-state index in [1.807, 2.05) is 0 Å². The summed E-state index contributed by atoms with van der Waals surface area (Å²) in [6.45, 7) is 0.0631. The predicted octanol–water partition coefficient (Wildman–Crippen LogP) is 0.340.